The molecule has 1 rings (SSSR count). The lowest BCUT2D eigenvalue weighted by atomic mass is 10.2. The van der Waals surface area contributed by atoms with Crippen molar-refractivity contribution in [3.63, 3.8) is 0 Å². The molecule has 0 aliphatic heterocycles. The summed E-state index contributed by atoms with van der Waals surface area (Å²) in [6.07, 6.45) is 2.08. The zero-order valence-electron chi connectivity index (χ0n) is 11.6. The SMILES string of the molecule is COC(=O)COc1ccc(NC(=O)CCCCN)cc1. The van der Waals surface area contributed by atoms with Crippen LogP contribution in [0.3, 0.4) is 0 Å². The van der Waals surface area contributed by atoms with Gasteiger partial charge in [-0.15, -0.1) is 0 Å². The average molecular weight is 280 g/mol. The Morgan fingerprint density at radius 1 is 1.20 bits per heavy atom. The van der Waals surface area contributed by atoms with Crippen LogP contribution in [0.25, 0.3) is 0 Å². The summed E-state index contributed by atoms with van der Waals surface area (Å²) in [5.41, 5.74) is 6.05. The second kappa shape index (κ2) is 8.92. The van der Waals surface area contributed by atoms with E-state index < -0.39 is 5.97 Å². The zero-order valence-corrected chi connectivity index (χ0v) is 11.6. The van der Waals surface area contributed by atoms with Crippen LogP contribution in [0.4, 0.5) is 5.69 Å². The van der Waals surface area contributed by atoms with Gasteiger partial charge in [0.25, 0.3) is 0 Å². The first-order valence-corrected chi connectivity index (χ1v) is 6.45. The summed E-state index contributed by atoms with van der Waals surface area (Å²) in [7, 11) is 1.30. The number of hydrogen-bond acceptors (Lipinski definition) is 5. The molecular formula is C14H20N2O4. The van der Waals surface area contributed by atoms with E-state index in [4.69, 9.17) is 10.5 Å². The second-order valence-electron chi connectivity index (χ2n) is 4.18. The van der Waals surface area contributed by atoms with Gasteiger partial charge in [0.2, 0.25) is 5.91 Å². The highest BCUT2D eigenvalue weighted by atomic mass is 16.6. The molecule has 110 valence electrons. The molecule has 6 heteroatoms. The Morgan fingerprint density at radius 2 is 1.90 bits per heavy atom. The molecule has 0 bridgehead atoms. The highest BCUT2D eigenvalue weighted by Crippen LogP contribution is 2.16. The summed E-state index contributed by atoms with van der Waals surface area (Å²) >= 11 is 0. The van der Waals surface area contributed by atoms with Crippen molar-refractivity contribution < 1.29 is 19.1 Å². The summed E-state index contributed by atoms with van der Waals surface area (Å²) in [4.78, 5) is 22.5. The van der Waals surface area contributed by atoms with Crippen LogP contribution in [0.5, 0.6) is 5.75 Å². The first-order valence-electron chi connectivity index (χ1n) is 6.45. The number of hydrogen-bond donors (Lipinski definition) is 2. The number of nitrogens with two attached hydrogens (primary N) is 1. The lowest BCUT2D eigenvalue weighted by Crippen LogP contribution is -2.13. The molecule has 0 fully saturated rings. The third-order valence-corrected chi connectivity index (χ3v) is 2.58. The van der Waals surface area contributed by atoms with Crippen LogP contribution in [-0.2, 0) is 14.3 Å². The van der Waals surface area contributed by atoms with E-state index in [1.54, 1.807) is 24.3 Å². The quantitative estimate of drug-likeness (QED) is 0.553. The van der Waals surface area contributed by atoms with Crippen molar-refractivity contribution in [2.45, 2.75) is 19.3 Å². The van der Waals surface area contributed by atoms with Gasteiger partial charge < -0.3 is 20.5 Å². The molecular weight excluding hydrogens is 260 g/mol. The molecule has 0 unspecified atom stereocenters. The molecule has 6 nitrogen and oxygen atoms in total. The van der Waals surface area contributed by atoms with E-state index in [1.807, 2.05) is 0 Å². The molecule has 0 spiro atoms. The van der Waals surface area contributed by atoms with Gasteiger partial charge in [-0.25, -0.2) is 4.79 Å². The van der Waals surface area contributed by atoms with Gasteiger partial charge in [-0.05, 0) is 43.7 Å². The Bertz CT molecular complexity index is 431. The lowest BCUT2D eigenvalue weighted by molar-refractivity contribution is -0.142. The fraction of sp³-hybridized carbons (Fsp3) is 0.429. The third kappa shape index (κ3) is 6.19. The van der Waals surface area contributed by atoms with Crippen LogP contribution in [0.1, 0.15) is 19.3 Å². The van der Waals surface area contributed by atoms with Crippen molar-refractivity contribution in [3.05, 3.63) is 24.3 Å². The molecule has 0 heterocycles. The van der Waals surface area contributed by atoms with Crippen LogP contribution >= 0.6 is 0 Å². The molecule has 3 N–H and O–H groups in total. The fourth-order valence-corrected chi connectivity index (χ4v) is 1.49. The molecule has 1 amide bonds. The molecule has 1 aromatic carbocycles. The summed E-state index contributed by atoms with van der Waals surface area (Å²) in [6.45, 7) is 0.459. The van der Waals surface area contributed by atoms with Gasteiger partial charge in [0.1, 0.15) is 5.75 Å². The predicted molar refractivity (Wildman–Crippen MR) is 75.5 cm³/mol. The average Bonchev–Trinajstić information content (AvgIpc) is 2.46. The summed E-state index contributed by atoms with van der Waals surface area (Å²) < 4.78 is 9.66. The van der Waals surface area contributed by atoms with Gasteiger partial charge in [0.05, 0.1) is 7.11 Å². The number of ether oxygens (including phenoxy) is 2. The van der Waals surface area contributed by atoms with Crippen LogP contribution in [0.15, 0.2) is 24.3 Å². The van der Waals surface area contributed by atoms with Gasteiger partial charge in [-0.3, -0.25) is 4.79 Å². The van der Waals surface area contributed by atoms with E-state index in [0.29, 0.717) is 24.4 Å². The number of carbonyl (C=O) groups is 2. The molecule has 0 aromatic heterocycles. The van der Waals surface area contributed by atoms with Crippen molar-refractivity contribution in [1.29, 1.82) is 0 Å². The highest BCUT2D eigenvalue weighted by Gasteiger charge is 2.04. The van der Waals surface area contributed by atoms with Crippen molar-refractivity contribution in [3.8, 4) is 5.75 Å². The van der Waals surface area contributed by atoms with Crippen molar-refractivity contribution in [2.24, 2.45) is 5.73 Å². The molecule has 0 aliphatic rings. The Balaban J connectivity index is 2.38. The Morgan fingerprint density at radius 3 is 2.50 bits per heavy atom. The van der Waals surface area contributed by atoms with Gasteiger partial charge >= 0.3 is 5.97 Å². The molecule has 1 aromatic rings. The van der Waals surface area contributed by atoms with Crippen molar-refractivity contribution in [2.75, 3.05) is 25.6 Å². The fourth-order valence-electron chi connectivity index (χ4n) is 1.49. The van der Waals surface area contributed by atoms with Crippen LogP contribution in [-0.4, -0.2) is 32.1 Å². The molecule has 0 atom stereocenters. The minimum absolute atomic E-state index is 0.0401. The van der Waals surface area contributed by atoms with E-state index in [-0.39, 0.29) is 12.5 Å². The van der Waals surface area contributed by atoms with Gasteiger partial charge in [0, 0.05) is 12.1 Å². The van der Waals surface area contributed by atoms with Gasteiger partial charge in [0.15, 0.2) is 6.61 Å². The summed E-state index contributed by atoms with van der Waals surface area (Å²) in [5.74, 6) is 0.0560. The maximum Gasteiger partial charge on any atom is 0.343 e. The topological polar surface area (TPSA) is 90.6 Å². The van der Waals surface area contributed by atoms with Crippen molar-refractivity contribution >= 4 is 17.6 Å². The van der Waals surface area contributed by atoms with Crippen LogP contribution in [0.2, 0.25) is 0 Å². The Kier molecular flexibility index (Phi) is 7.13. The van der Waals surface area contributed by atoms with Crippen LogP contribution in [0, 0.1) is 0 Å². The van der Waals surface area contributed by atoms with E-state index >= 15 is 0 Å². The normalized spacial score (nSPS) is 9.90. The first kappa shape index (κ1) is 16.0. The summed E-state index contributed by atoms with van der Waals surface area (Å²) in [5, 5.41) is 2.78. The number of anilines is 1. The van der Waals surface area contributed by atoms with Gasteiger partial charge in [-0.1, -0.05) is 0 Å². The number of carbonyl (C=O) groups excluding carboxylic acids is 2. The maximum atomic E-state index is 11.6. The minimum atomic E-state index is -0.442. The van der Waals surface area contributed by atoms with E-state index in [0.717, 1.165) is 12.8 Å². The number of nitrogens with one attached hydrogen (secondary N) is 1. The van der Waals surface area contributed by atoms with E-state index in [1.165, 1.54) is 7.11 Å². The molecule has 20 heavy (non-hydrogen) atoms. The standard InChI is InChI=1S/C14H20N2O4/c1-19-14(18)10-20-12-7-5-11(6-8-12)16-13(17)4-2-3-9-15/h5-8H,2-4,9-10,15H2,1H3,(H,16,17). The third-order valence-electron chi connectivity index (χ3n) is 2.58. The maximum absolute atomic E-state index is 11.6. The minimum Gasteiger partial charge on any atom is -0.482 e. The number of esters is 1. The Labute approximate surface area is 118 Å². The van der Waals surface area contributed by atoms with Crippen LogP contribution < -0.4 is 15.8 Å². The number of methoxy groups -OCH3 is 1. The van der Waals surface area contributed by atoms with E-state index in [2.05, 4.69) is 10.1 Å². The predicted octanol–water partition coefficient (Wildman–Crippen LogP) is 1.31. The summed E-state index contributed by atoms with van der Waals surface area (Å²) in [6, 6.07) is 6.79. The molecule has 0 aliphatic carbocycles. The van der Waals surface area contributed by atoms with Crippen molar-refractivity contribution in [1.82, 2.24) is 0 Å². The Hall–Kier alpha value is -2.08. The highest BCUT2D eigenvalue weighted by molar-refractivity contribution is 5.90. The molecule has 0 radical (unpaired) electrons. The molecule has 0 saturated heterocycles. The number of rotatable bonds is 8. The van der Waals surface area contributed by atoms with E-state index in [9.17, 15) is 9.59 Å². The number of amides is 1. The largest absolute Gasteiger partial charge is 0.482 e. The smallest absolute Gasteiger partial charge is 0.343 e. The lowest BCUT2D eigenvalue weighted by Gasteiger charge is -2.07. The zero-order chi connectivity index (χ0) is 14.8. The molecule has 0 saturated carbocycles. The van der Waals surface area contributed by atoms with Gasteiger partial charge in [-0.2, -0.15) is 0 Å². The first-order chi connectivity index (χ1) is 9.65. The second-order valence-corrected chi connectivity index (χ2v) is 4.18. The number of benzene rings is 1. The monoisotopic (exact) mass is 280 g/mol. The number of unbranched alkanes of at least 4 members (excludes halogenated alkanes) is 1.